The molecule has 4 rings (SSSR count). The van der Waals surface area contributed by atoms with Gasteiger partial charge in [-0.2, -0.15) is 17.2 Å². The molecular weight excluding hydrogens is 460 g/mol. The lowest BCUT2D eigenvalue weighted by Crippen LogP contribution is -2.42. The van der Waals surface area contributed by atoms with Gasteiger partial charge < -0.3 is 5.32 Å². The standard InChI is InChI=1S/C26H37F2NO4S/c27-26(28,34(31,32)33)25(30)29-24-22(19-12-6-2-7-13-19)16-21(18-10-4-1-5-11-18)17-23(24)20-14-8-3-9-15-20/h16-20H,1-15H2,(H,29,30)(H,31,32,33). The molecule has 0 radical (unpaired) electrons. The molecule has 3 fully saturated rings. The van der Waals surface area contributed by atoms with Crippen molar-refractivity contribution in [2.75, 3.05) is 5.32 Å². The predicted molar refractivity (Wildman–Crippen MR) is 129 cm³/mol. The van der Waals surface area contributed by atoms with E-state index in [-0.39, 0.29) is 11.8 Å². The zero-order valence-electron chi connectivity index (χ0n) is 19.8. The van der Waals surface area contributed by atoms with Gasteiger partial charge in [0.15, 0.2) is 0 Å². The lowest BCUT2D eigenvalue weighted by atomic mass is 9.75. The van der Waals surface area contributed by atoms with Gasteiger partial charge in [0, 0.05) is 5.69 Å². The van der Waals surface area contributed by atoms with Crippen molar-refractivity contribution in [2.24, 2.45) is 0 Å². The lowest BCUT2D eigenvalue weighted by Gasteiger charge is -2.33. The Morgan fingerprint density at radius 1 is 0.765 bits per heavy atom. The predicted octanol–water partition coefficient (Wildman–Crippen LogP) is 7.25. The maximum Gasteiger partial charge on any atom is 0.446 e. The fraction of sp³-hybridized carbons (Fsp3) is 0.731. The number of amides is 1. The number of alkyl halides is 2. The van der Waals surface area contributed by atoms with Crippen molar-refractivity contribution < 1.29 is 26.5 Å². The maximum absolute atomic E-state index is 14.3. The average molecular weight is 498 g/mol. The number of carbonyl (C=O) groups excluding carboxylic acids is 1. The second-order valence-corrected chi connectivity index (χ2v) is 12.0. The number of carbonyl (C=O) groups is 1. The van der Waals surface area contributed by atoms with Crippen molar-refractivity contribution in [3.63, 3.8) is 0 Å². The van der Waals surface area contributed by atoms with Crippen LogP contribution in [-0.2, 0) is 14.9 Å². The van der Waals surface area contributed by atoms with Gasteiger partial charge in [-0.3, -0.25) is 9.35 Å². The Labute approximate surface area is 201 Å². The molecule has 0 aliphatic heterocycles. The molecule has 1 aromatic carbocycles. The SMILES string of the molecule is O=C(Nc1c(C2CCCCC2)cc(C2CCCCC2)cc1C1CCCCC1)C(F)(F)S(=O)(=O)O. The molecule has 0 aromatic heterocycles. The van der Waals surface area contributed by atoms with E-state index in [1.807, 2.05) is 0 Å². The van der Waals surface area contributed by atoms with Crippen molar-refractivity contribution in [1.82, 2.24) is 0 Å². The molecule has 8 heteroatoms. The third-order valence-electron chi connectivity index (χ3n) is 8.22. The highest BCUT2D eigenvalue weighted by molar-refractivity contribution is 7.87. The summed E-state index contributed by atoms with van der Waals surface area (Å²) in [5, 5.41) is -2.58. The Morgan fingerprint density at radius 3 is 1.53 bits per heavy atom. The van der Waals surface area contributed by atoms with Gasteiger partial charge in [0.05, 0.1) is 0 Å². The Hall–Kier alpha value is -1.54. The summed E-state index contributed by atoms with van der Waals surface area (Å²) in [6, 6.07) is 4.22. The van der Waals surface area contributed by atoms with E-state index in [0.717, 1.165) is 88.2 Å². The van der Waals surface area contributed by atoms with E-state index in [0.29, 0.717) is 11.6 Å². The second kappa shape index (κ2) is 10.6. The third kappa shape index (κ3) is 5.48. The first-order valence-electron chi connectivity index (χ1n) is 13.0. The van der Waals surface area contributed by atoms with Crippen molar-refractivity contribution in [1.29, 1.82) is 0 Å². The molecule has 190 valence electrons. The quantitative estimate of drug-likeness (QED) is 0.406. The number of benzene rings is 1. The smallest absolute Gasteiger partial charge is 0.319 e. The number of nitrogens with one attached hydrogen (secondary N) is 1. The van der Waals surface area contributed by atoms with E-state index in [1.54, 1.807) is 0 Å². The molecule has 0 spiro atoms. The van der Waals surface area contributed by atoms with E-state index in [9.17, 15) is 22.0 Å². The first-order chi connectivity index (χ1) is 16.2. The van der Waals surface area contributed by atoms with Crippen LogP contribution in [0.2, 0.25) is 0 Å². The van der Waals surface area contributed by atoms with E-state index < -0.39 is 21.3 Å². The molecule has 0 atom stereocenters. The summed E-state index contributed by atoms with van der Waals surface area (Å²) in [7, 11) is -5.87. The van der Waals surface area contributed by atoms with Gasteiger partial charge in [-0.25, -0.2) is 0 Å². The minimum atomic E-state index is -5.87. The van der Waals surface area contributed by atoms with Crippen LogP contribution >= 0.6 is 0 Å². The van der Waals surface area contributed by atoms with Crippen LogP contribution in [0.1, 0.15) is 131 Å². The summed E-state index contributed by atoms with van der Waals surface area (Å²) in [6.07, 6.45) is 16.0. The summed E-state index contributed by atoms with van der Waals surface area (Å²) in [4.78, 5) is 12.5. The largest absolute Gasteiger partial charge is 0.446 e. The van der Waals surface area contributed by atoms with Crippen LogP contribution in [0.4, 0.5) is 14.5 Å². The number of halogens is 2. The number of rotatable bonds is 6. The molecule has 2 N–H and O–H groups in total. The second-order valence-electron chi connectivity index (χ2n) is 10.5. The van der Waals surface area contributed by atoms with E-state index >= 15 is 0 Å². The van der Waals surface area contributed by atoms with E-state index in [1.165, 1.54) is 24.8 Å². The molecule has 3 saturated carbocycles. The van der Waals surface area contributed by atoms with Crippen LogP contribution in [0, 0.1) is 0 Å². The molecule has 1 amide bonds. The van der Waals surface area contributed by atoms with Gasteiger partial charge in [-0.15, -0.1) is 0 Å². The molecule has 0 saturated heterocycles. The van der Waals surface area contributed by atoms with Crippen molar-refractivity contribution >= 4 is 21.7 Å². The number of anilines is 1. The first-order valence-corrected chi connectivity index (χ1v) is 14.5. The number of hydrogen-bond acceptors (Lipinski definition) is 3. The molecule has 0 heterocycles. The monoisotopic (exact) mass is 497 g/mol. The average Bonchev–Trinajstić information content (AvgIpc) is 2.85. The van der Waals surface area contributed by atoms with Crippen LogP contribution in [0.3, 0.4) is 0 Å². The maximum atomic E-state index is 14.3. The summed E-state index contributed by atoms with van der Waals surface area (Å²) < 4.78 is 60.1. The Balaban J connectivity index is 1.82. The minimum Gasteiger partial charge on any atom is -0.319 e. The van der Waals surface area contributed by atoms with Gasteiger partial charge in [0.1, 0.15) is 0 Å². The summed E-state index contributed by atoms with van der Waals surface area (Å²) in [6.45, 7) is 0. The van der Waals surface area contributed by atoms with E-state index in [4.69, 9.17) is 4.55 Å². The fourth-order valence-electron chi connectivity index (χ4n) is 6.30. The molecular formula is C26H37F2NO4S. The molecule has 34 heavy (non-hydrogen) atoms. The zero-order chi connectivity index (χ0) is 24.3. The van der Waals surface area contributed by atoms with Crippen molar-refractivity contribution in [2.45, 2.75) is 119 Å². The van der Waals surface area contributed by atoms with Crippen molar-refractivity contribution in [3.8, 4) is 0 Å². The van der Waals surface area contributed by atoms with Crippen LogP contribution in [0.5, 0.6) is 0 Å². The van der Waals surface area contributed by atoms with Crippen LogP contribution in [0.15, 0.2) is 12.1 Å². The van der Waals surface area contributed by atoms with Crippen LogP contribution in [-0.4, -0.2) is 24.1 Å². The van der Waals surface area contributed by atoms with Gasteiger partial charge in [-0.1, -0.05) is 69.9 Å². The minimum absolute atomic E-state index is 0.147. The Bertz CT molecular complexity index is 938. The zero-order valence-corrected chi connectivity index (χ0v) is 20.6. The molecule has 0 unspecified atom stereocenters. The highest BCUT2D eigenvalue weighted by atomic mass is 32.2. The van der Waals surface area contributed by atoms with Crippen molar-refractivity contribution in [3.05, 3.63) is 28.8 Å². The topological polar surface area (TPSA) is 83.5 Å². The molecule has 0 bridgehead atoms. The van der Waals surface area contributed by atoms with Gasteiger partial charge in [0.2, 0.25) is 0 Å². The normalized spacial score (nSPS) is 22.0. The molecule has 3 aliphatic rings. The summed E-state index contributed by atoms with van der Waals surface area (Å²) in [5.41, 5.74) is 3.36. The third-order valence-corrected chi connectivity index (χ3v) is 9.05. The van der Waals surface area contributed by atoms with Gasteiger partial charge >= 0.3 is 21.3 Å². The fourth-order valence-corrected chi connectivity index (χ4v) is 6.59. The first kappa shape index (κ1) is 25.5. The Morgan fingerprint density at radius 2 is 1.15 bits per heavy atom. The van der Waals surface area contributed by atoms with Crippen LogP contribution in [0.25, 0.3) is 0 Å². The number of hydrogen-bond donors (Lipinski definition) is 2. The van der Waals surface area contributed by atoms with Gasteiger partial charge in [0.25, 0.3) is 0 Å². The van der Waals surface area contributed by atoms with Gasteiger partial charge in [-0.05, 0) is 73.0 Å². The molecule has 5 nitrogen and oxygen atoms in total. The summed E-state index contributed by atoms with van der Waals surface area (Å²) >= 11 is 0. The van der Waals surface area contributed by atoms with Crippen LogP contribution < -0.4 is 5.32 Å². The van der Waals surface area contributed by atoms with E-state index in [2.05, 4.69) is 17.4 Å². The highest BCUT2D eigenvalue weighted by Crippen LogP contribution is 2.46. The summed E-state index contributed by atoms with van der Waals surface area (Å²) in [5.74, 6) is -1.25. The lowest BCUT2D eigenvalue weighted by molar-refractivity contribution is -0.130. The highest BCUT2D eigenvalue weighted by Gasteiger charge is 2.52. The molecule has 1 aromatic rings. The Kier molecular flexibility index (Phi) is 7.97. The molecule has 3 aliphatic carbocycles.